The molecular formula is C26H35N3O7. The van der Waals surface area contributed by atoms with Crippen molar-refractivity contribution in [2.24, 2.45) is 5.92 Å². The summed E-state index contributed by atoms with van der Waals surface area (Å²) in [7, 11) is 0. The van der Waals surface area contributed by atoms with Gasteiger partial charge in [-0.15, -0.1) is 0 Å². The standard InChI is InChI=1S/C26H35N3O7/c1-18-15-27-24(32)20(14-23(31)29-13-7-11-21(29)16-30)10-5-6-12-22(25(33)36-18)28-26(34)35-17-19-8-3-2-4-9-19/h2-6,8-9,18,20-22,30H,7,10-17H2,1H3,(H,27,32)(H,28,34). The molecule has 0 aliphatic carbocycles. The van der Waals surface area contributed by atoms with Gasteiger partial charge in [-0.05, 0) is 38.2 Å². The number of amides is 3. The number of cyclic esters (lactones) is 1. The molecule has 3 N–H and O–H groups in total. The highest BCUT2D eigenvalue weighted by Crippen LogP contribution is 2.21. The monoisotopic (exact) mass is 501 g/mol. The molecule has 1 saturated heterocycles. The molecular weight excluding hydrogens is 466 g/mol. The number of ether oxygens (including phenoxy) is 2. The van der Waals surface area contributed by atoms with Crippen LogP contribution in [0.15, 0.2) is 42.5 Å². The first-order chi connectivity index (χ1) is 17.4. The third kappa shape index (κ3) is 8.08. The molecule has 2 heterocycles. The molecule has 36 heavy (non-hydrogen) atoms. The number of hydrogen-bond acceptors (Lipinski definition) is 7. The Morgan fingerprint density at radius 2 is 1.94 bits per heavy atom. The minimum Gasteiger partial charge on any atom is -0.459 e. The van der Waals surface area contributed by atoms with Gasteiger partial charge in [0.05, 0.1) is 25.1 Å². The maximum absolute atomic E-state index is 12.8. The average molecular weight is 502 g/mol. The van der Waals surface area contributed by atoms with Gasteiger partial charge in [-0.3, -0.25) is 9.59 Å². The van der Waals surface area contributed by atoms with Gasteiger partial charge in [-0.2, -0.15) is 0 Å². The summed E-state index contributed by atoms with van der Waals surface area (Å²) in [6, 6.07) is 8.02. The lowest BCUT2D eigenvalue weighted by molar-refractivity contribution is -0.151. The minimum absolute atomic E-state index is 0.0222. The largest absolute Gasteiger partial charge is 0.459 e. The van der Waals surface area contributed by atoms with E-state index in [-0.39, 0.29) is 50.5 Å². The number of nitrogens with one attached hydrogen (secondary N) is 2. The number of nitrogens with zero attached hydrogens (tertiary/aromatic N) is 1. The van der Waals surface area contributed by atoms with E-state index in [0.717, 1.165) is 18.4 Å². The van der Waals surface area contributed by atoms with E-state index in [1.54, 1.807) is 24.0 Å². The molecule has 10 heteroatoms. The van der Waals surface area contributed by atoms with E-state index in [1.807, 2.05) is 30.3 Å². The van der Waals surface area contributed by atoms with Gasteiger partial charge in [-0.25, -0.2) is 9.59 Å². The number of esters is 1. The van der Waals surface area contributed by atoms with Crippen molar-refractivity contribution in [1.82, 2.24) is 15.5 Å². The molecule has 10 nitrogen and oxygen atoms in total. The molecule has 0 saturated carbocycles. The number of carbonyl (C=O) groups excluding carboxylic acids is 4. The fourth-order valence-electron chi connectivity index (χ4n) is 4.29. The van der Waals surface area contributed by atoms with Crippen LogP contribution in [0, 0.1) is 5.92 Å². The van der Waals surface area contributed by atoms with Crippen LogP contribution in [0.4, 0.5) is 4.79 Å². The highest BCUT2D eigenvalue weighted by atomic mass is 16.6. The molecule has 2 aliphatic rings. The number of carbonyl (C=O) groups is 4. The number of likely N-dealkylation sites (tertiary alicyclic amines) is 1. The SMILES string of the molecule is CC1CNC(=O)C(CC(=O)N2CCCC2CO)CC=CCC(NC(=O)OCc2ccccc2)C(=O)O1. The highest BCUT2D eigenvalue weighted by Gasteiger charge is 2.31. The second-order valence-electron chi connectivity index (χ2n) is 9.16. The van der Waals surface area contributed by atoms with E-state index < -0.39 is 30.1 Å². The smallest absolute Gasteiger partial charge is 0.408 e. The van der Waals surface area contributed by atoms with Crippen LogP contribution >= 0.6 is 0 Å². The summed E-state index contributed by atoms with van der Waals surface area (Å²) in [6.07, 6.45) is 4.09. The summed E-state index contributed by atoms with van der Waals surface area (Å²) in [6.45, 7) is 2.27. The van der Waals surface area contributed by atoms with E-state index in [4.69, 9.17) is 9.47 Å². The molecule has 1 aromatic carbocycles. The number of allylic oxidation sites excluding steroid dienone is 1. The molecule has 2 aliphatic heterocycles. The second-order valence-corrected chi connectivity index (χ2v) is 9.16. The van der Waals surface area contributed by atoms with Gasteiger partial charge in [0.1, 0.15) is 18.8 Å². The maximum Gasteiger partial charge on any atom is 0.408 e. The van der Waals surface area contributed by atoms with Gasteiger partial charge in [0.2, 0.25) is 11.8 Å². The lowest BCUT2D eigenvalue weighted by Crippen LogP contribution is -2.45. The summed E-state index contributed by atoms with van der Waals surface area (Å²) < 4.78 is 10.6. The maximum atomic E-state index is 12.8. The highest BCUT2D eigenvalue weighted by molar-refractivity contribution is 5.86. The molecule has 196 valence electrons. The van der Waals surface area contributed by atoms with Crippen LogP contribution in [0.5, 0.6) is 0 Å². The number of alkyl carbamates (subject to hydrolysis) is 1. The molecule has 4 unspecified atom stereocenters. The average Bonchev–Trinajstić information content (AvgIpc) is 3.36. The number of aliphatic hydroxyl groups excluding tert-OH is 1. The van der Waals surface area contributed by atoms with Crippen molar-refractivity contribution in [3.63, 3.8) is 0 Å². The Kier molecular flexibility index (Phi) is 10.3. The van der Waals surface area contributed by atoms with Gasteiger partial charge in [-0.1, -0.05) is 42.5 Å². The van der Waals surface area contributed by atoms with E-state index in [1.165, 1.54) is 0 Å². The van der Waals surface area contributed by atoms with Crippen molar-refractivity contribution < 1.29 is 33.8 Å². The third-order valence-corrected chi connectivity index (χ3v) is 6.33. The first kappa shape index (κ1) is 27.2. The van der Waals surface area contributed by atoms with Crippen LogP contribution in [0.3, 0.4) is 0 Å². The van der Waals surface area contributed by atoms with Crippen LogP contribution < -0.4 is 10.6 Å². The Bertz CT molecular complexity index is 937. The number of rotatable bonds is 6. The summed E-state index contributed by atoms with van der Waals surface area (Å²) >= 11 is 0. The minimum atomic E-state index is -0.961. The molecule has 0 aromatic heterocycles. The second kappa shape index (κ2) is 13.6. The molecule has 0 bridgehead atoms. The fraction of sp³-hybridized carbons (Fsp3) is 0.538. The predicted octanol–water partition coefficient (Wildman–Crippen LogP) is 1.67. The topological polar surface area (TPSA) is 134 Å². The predicted molar refractivity (Wildman–Crippen MR) is 130 cm³/mol. The van der Waals surface area contributed by atoms with Gasteiger partial charge < -0.3 is 30.1 Å². The molecule has 1 fully saturated rings. The number of benzene rings is 1. The van der Waals surface area contributed by atoms with Crippen LogP contribution in [0.2, 0.25) is 0 Å². The number of aliphatic hydroxyl groups is 1. The lowest BCUT2D eigenvalue weighted by Gasteiger charge is -2.26. The van der Waals surface area contributed by atoms with Crippen LogP contribution in [-0.4, -0.2) is 71.8 Å². The summed E-state index contributed by atoms with van der Waals surface area (Å²) in [4.78, 5) is 52.2. The van der Waals surface area contributed by atoms with Crippen molar-refractivity contribution in [1.29, 1.82) is 0 Å². The van der Waals surface area contributed by atoms with Crippen molar-refractivity contribution in [2.45, 2.75) is 63.8 Å². The molecule has 3 rings (SSSR count). The zero-order chi connectivity index (χ0) is 25.9. The number of hydrogen-bond donors (Lipinski definition) is 3. The third-order valence-electron chi connectivity index (χ3n) is 6.33. The lowest BCUT2D eigenvalue weighted by atomic mass is 9.98. The molecule has 1 aromatic rings. The van der Waals surface area contributed by atoms with Crippen LogP contribution in [0.1, 0.15) is 44.6 Å². The molecule has 0 radical (unpaired) electrons. The van der Waals surface area contributed by atoms with E-state index in [0.29, 0.717) is 13.0 Å². The Labute approximate surface area is 211 Å². The van der Waals surface area contributed by atoms with E-state index >= 15 is 0 Å². The normalized spacial score (nSPS) is 25.2. The van der Waals surface area contributed by atoms with Crippen molar-refractivity contribution in [2.75, 3.05) is 19.7 Å². The zero-order valence-electron chi connectivity index (χ0n) is 20.6. The molecule has 3 amide bonds. The quantitative estimate of drug-likeness (QED) is 0.399. The first-order valence-electron chi connectivity index (χ1n) is 12.4. The summed E-state index contributed by atoms with van der Waals surface area (Å²) in [5.74, 6) is -1.68. The van der Waals surface area contributed by atoms with Crippen molar-refractivity contribution >= 4 is 23.9 Å². The van der Waals surface area contributed by atoms with E-state index in [2.05, 4.69) is 10.6 Å². The zero-order valence-corrected chi connectivity index (χ0v) is 20.6. The van der Waals surface area contributed by atoms with Crippen LogP contribution in [0.25, 0.3) is 0 Å². The summed E-state index contributed by atoms with van der Waals surface area (Å²) in [5, 5.41) is 14.8. The molecule has 0 spiro atoms. The van der Waals surface area contributed by atoms with Crippen LogP contribution in [-0.2, 0) is 30.5 Å². The van der Waals surface area contributed by atoms with E-state index in [9.17, 15) is 24.3 Å². The van der Waals surface area contributed by atoms with Gasteiger partial charge in [0, 0.05) is 13.0 Å². The Morgan fingerprint density at radius 3 is 2.69 bits per heavy atom. The Morgan fingerprint density at radius 1 is 1.19 bits per heavy atom. The summed E-state index contributed by atoms with van der Waals surface area (Å²) in [5.41, 5.74) is 0.818. The van der Waals surface area contributed by atoms with Gasteiger partial charge in [0.25, 0.3) is 0 Å². The van der Waals surface area contributed by atoms with Gasteiger partial charge >= 0.3 is 12.1 Å². The first-order valence-corrected chi connectivity index (χ1v) is 12.4. The Balaban J connectivity index is 1.61. The fourth-order valence-corrected chi connectivity index (χ4v) is 4.29. The van der Waals surface area contributed by atoms with Crippen molar-refractivity contribution in [3.05, 3.63) is 48.0 Å². The van der Waals surface area contributed by atoms with Gasteiger partial charge in [0.15, 0.2) is 0 Å². The van der Waals surface area contributed by atoms with Crippen molar-refractivity contribution in [3.8, 4) is 0 Å². The molecule has 4 atom stereocenters. The Hall–Kier alpha value is -3.40.